The van der Waals surface area contributed by atoms with Crippen molar-refractivity contribution in [3.8, 4) is 55.6 Å². The summed E-state index contributed by atoms with van der Waals surface area (Å²) in [6.45, 7) is 4.78. The number of hydrogen-bond donors (Lipinski definition) is 0. The molecule has 0 saturated heterocycles. The van der Waals surface area contributed by atoms with Crippen LogP contribution >= 0.6 is 11.3 Å². The normalized spacial score (nSPS) is 13.2. The first-order chi connectivity index (χ1) is 28.0. The van der Waals surface area contributed by atoms with Gasteiger partial charge in [0.25, 0.3) is 0 Å². The fourth-order valence-electron chi connectivity index (χ4n) is 9.80. The van der Waals surface area contributed by atoms with E-state index in [9.17, 15) is 0 Å². The summed E-state index contributed by atoms with van der Waals surface area (Å²) < 4.78 is 2.66. The maximum atomic E-state index is 2.49. The molecule has 0 bridgehead atoms. The third-order valence-corrected chi connectivity index (χ3v) is 13.8. The van der Waals surface area contributed by atoms with Gasteiger partial charge in [-0.1, -0.05) is 147 Å². The third kappa shape index (κ3) is 4.81. The quantitative estimate of drug-likeness (QED) is 0.170. The Morgan fingerprint density at radius 1 is 0.368 bits per heavy atom. The molecule has 0 fully saturated rings. The van der Waals surface area contributed by atoms with Crippen LogP contribution in [0.4, 0.5) is 17.1 Å². The van der Waals surface area contributed by atoms with Crippen molar-refractivity contribution in [3.05, 3.63) is 199 Å². The largest absolute Gasteiger partial charge is 0.310 e. The molecule has 0 aliphatic heterocycles. The van der Waals surface area contributed by atoms with E-state index in [0.29, 0.717) is 0 Å². The summed E-state index contributed by atoms with van der Waals surface area (Å²) in [5.74, 6) is 0. The van der Waals surface area contributed by atoms with Crippen molar-refractivity contribution in [2.75, 3.05) is 4.90 Å². The molecule has 2 aliphatic carbocycles. The van der Waals surface area contributed by atoms with Crippen LogP contribution in [0.3, 0.4) is 0 Å². The summed E-state index contributed by atoms with van der Waals surface area (Å²) in [5.41, 5.74) is 18.9. The van der Waals surface area contributed by atoms with Gasteiger partial charge in [0.1, 0.15) is 0 Å². The number of nitrogens with zero attached hydrogens (tertiary/aromatic N) is 1. The zero-order valence-electron chi connectivity index (χ0n) is 31.8. The molecule has 10 aromatic rings. The molecule has 12 rings (SSSR count). The van der Waals surface area contributed by atoms with E-state index in [1.807, 2.05) is 11.3 Å². The van der Waals surface area contributed by atoms with Crippen LogP contribution in [0.5, 0.6) is 0 Å². The minimum absolute atomic E-state index is 0.172. The van der Waals surface area contributed by atoms with Gasteiger partial charge in [-0.2, -0.15) is 0 Å². The van der Waals surface area contributed by atoms with Gasteiger partial charge in [-0.15, -0.1) is 11.3 Å². The van der Waals surface area contributed by atoms with Gasteiger partial charge >= 0.3 is 0 Å². The number of fused-ring (bicyclic) bond motifs is 9. The molecule has 1 heterocycles. The SMILES string of the molecule is CC1(C)c2cc(-c3ccccc3)ccc2-c2ccc(N(c3ccc(-c4ccc5sc6ccccc6c5c4)cc3)c3ccc4c5c(cccc35)-c3ccccc3-4)cc21. The monoisotopic (exact) mass is 743 g/mol. The maximum absolute atomic E-state index is 2.49. The van der Waals surface area contributed by atoms with Gasteiger partial charge in [0, 0.05) is 42.3 Å². The maximum Gasteiger partial charge on any atom is 0.0540 e. The van der Waals surface area contributed by atoms with Crippen LogP contribution in [0, 0.1) is 0 Å². The zero-order chi connectivity index (χ0) is 37.8. The number of benzene rings is 9. The molecule has 0 spiro atoms. The van der Waals surface area contributed by atoms with E-state index in [4.69, 9.17) is 0 Å². The van der Waals surface area contributed by atoms with Crippen LogP contribution in [-0.2, 0) is 5.41 Å². The lowest BCUT2D eigenvalue weighted by molar-refractivity contribution is 0.660. The van der Waals surface area contributed by atoms with E-state index in [0.717, 1.165) is 11.4 Å². The van der Waals surface area contributed by atoms with Crippen molar-refractivity contribution in [1.29, 1.82) is 0 Å². The molecular formula is C55H37NS. The van der Waals surface area contributed by atoms with Crippen molar-refractivity contribution in [2.45, 2.75) is 19.3 Å². The first kappa shape index (κ1) is 32.5. The van der Waals surface area contributed by atoms with E-state index in [-0.39, 0.29) is 5.41 Å². The average Bonchev–Trinajstić information content (AvgIpc) is 3.88. The zero-order valence-corrected chi connectivity index (χ0v) is 32.6. The van der Waals surface area contributed by atoms with Gasteiger partial charge in [0.05, 0.1) is 5.69 Å². The Bertz CT molecular complexity index is 3230. The Kier molecular flexibility index (Phi) is 6.91. The second-order valence-electron chi connectivity index (χ2n) is 16.1. The molecule has 0 radical (unpaired) electrons. The first-order valence-electron chi connectivity index (χ1n) is 19.8. The van der Waals surface area contributed by atoms with Crippen molar-refractivity contribution >= 4 is 59.3 Å². The van der Waals surface area contributed by atoms with Crippen molar-refractivity contribution < 1.29 is 0 Å². The van der Waals surface area contributed by atoms with Gasteiger partial charge < -0.3 is 4.90 Å². The van der Waals surface area contributed by atoms with E-state index >= 15 is 0 Å². The van der Waals surface area contributed by atoms with Crippen LogP contribution in [-0.4, -0.2) is 0 Å². The highest BCUT2D eigenvalue weighted by Gasteiger charge is 2.36. The number of anilines is 3. The van der Waals surface area contributed by atoms with Crippen LogP contribution in [0.1, 0.15) is 25.0 Å². The van der Waals surface area contributed by atoms with E-state index < -0.39 is 0 Å². The molecule has 0 amide bonds. The molecular weight excluding hydrogens is 707 g/mol. The van der Waals surface area contributed by atoms with Crippen molar-refractivity contribution in [2.24, 2.45) is 0 Å². The Hall–Kier alpha value is -6.74. The topological polar surface area (TPSA) is 3.24 Å². The molecule has 0 atom stereocenters. The van der Waals surface area contributed by atoms with Gasteiger partial charge in [0.2, 0.25) is 0 Å². The molecule has 2 heteroatoms. The molecule has 57 heavy (non-hydrogen) atoms. The highest BCUT2D eigenvalue weighted by molar-refractivity contribution is 7.25. The summed E-state index contributed by atoms with van der Waals surface area (Å²) in [5, 5.41) is 5.24. The highest BCUT2D eigenvalue weighted by atomic mass is 32.1. The lowest BCUT2D eigenvalue weighted by atomic mass is 9.81. The lowest BCUT2D eigenvalue weighted by Gasteiger charge is -2.29. The number of thiophene rings is 1. The highest BCUT2D eigenvalue weighted by Crippen LogP contribution is 2.54. The summed E-state index contributed by atoms with van der Waals surface area (Å²) in [4.78, 5) is 2.49. The summed E-state index contributed by atoms with van der Waals surface area (Å²) in [6.07, 6.45) is 0. The minimum Gasteiger partial charge on any atom is -0.310 e. The van der Waals surface area contributed by atoms with Crippen molar-refractivity contribution in [3.63, 3.8) is 0 Å². The molecule has 1 aromatic heterocycles. The van der Waals surface area contributed by atoms with Gasteiger partial charge in [-0.05, 0) is 127 Å². The van der Waals surface area contributed by atoms with Gasteiger partial charge in [-0.3, -0.25) is 0 Å². The van der Waals surface area contributed by atoms with Gasteiger partial charge in [-0.25, -0.2) is 0 Å². The molecule has 268 valence electrons. The van der Waals surface area contributed by atoms with E-state index in [2.05, 4.69) is 207 Å². The Morgan fingerprint density at radius 3 is 1.75 bits per heavy atom. The third-order valence-electron chi connectivity index (χ3n) is 12.6. The Morgan fingerprint density at radius 2 is 0.930 bits per heavy atom. The predicted octanol–water partition coefficient (Wildman–Crippen LogP) is 16.0. The fraction of sp³-hybridized carbons (Fsp3) is 0.0545. The van der Waals surface area contributed by atoms with Crippen LogP contribution in [0.25, 0.3) is 86.6 Å². The standard InChI is InChI=1S/C55H37NS/c1-55(2)49-32-37(34-11-4-3-5-12-34)21-26-42(49)43-27-25-39(33-50(43)55)56(51-29-28-46-41-14-7-6-13-40(41)45-16-10-17-47(51)54(45)46)38-23-19-35(20-24-38)36-22-30-53-48(31-36)44-15-8-9-18-52(44)57-53/h3-33H,1-2H3. The predicted molar refractivity (Wildman–Crippen MR) is 244 cm³/mol. The smallest absolute Gasteiger partial charge is 0.0540 e. The van der Waals surface area contributed by atoms with Crippen LogP contribution in [0.15, 0.2) is 188 Å². The second kappa shape index (κ2) is 12.1. The lowest BCUT2D eigenvalue weighted by Crippen LogP contribution is -2.17. The van der Waals surface area contributed by atoms with Crippen LogP contribution < -0.4 is 4.90 Å². The molecule has 0 N–H and O–H groups in total. The Balaban J connectivity index is 1.02. The average molecular weight is 744 g/mol. The number of rotatable bonds is 5. The second-order valence-corrected chi connectivity index (χ2v) is 17.2. The molecule has 1 nitrogen and oxygen atoms in total. The van der Waals surface area contributed by atoms with Crippen molar-refractivity contribution in [1.82, 2.24) is 0 Å². The first-order valence-corrected chi connectivity index (χ1v) is 20.7. The van der Waals surface area contributed by atoms with E-state index in [1.54, 1.807) is 0 Å². The summed E-state index contributed by atoms with van der Waals surface area (Å²) in [6, 6.07) is 70.1. The Labute approximate surface area is 336 Å². The van der Waals surface area contributed by atoms with E-state index in [1.165, 1.54) is 103 Å². The minimum atomic E-state index is -0.172. The summed E-state index contributed by atoms with van der Waals surface area (Å²) >= 11 is 1.87. The molecule has 2 aliphatic rings. The molecule has 0 saturated carbocycles. The van der Waals surface area contributed by atoms with Gasteiger partial charge in [0.15, 0.2) is 0 Å². The van der Waals surface area contributed by atoms with Crippen LogP contribution in [0.2, 0.25) is 0 Å². The number of hydrogen-bond acceptors (Lipinski definition) is 2. The molecule has 9 aromatic carbocycles. The molecule has 0 unspecified atom stereocenters. The summed E-state index contributed by atoms with van der Waals surface area (Å²) in [7, 11) is 0. The fourth-order valence-corrected chi connectivity index (χ4v) is 10.9.